The summed E-state index contributed by atoms with van der Waals surface area (Å²) in [7, 11) is 0. The van der Waals surface area contributed by atoms with E-state index >= 15 is 0 Å². The van der Waals surface area contributed by atoms with Gasteiger partial charge in [-0.05, 0) is 109 Å². The minimum atomic E-state index is -0.0918. The van der Waals surface area contributed by atoms with Gasteiger partial charge in [-0.25, -0.2) is 0 Å². The standard InChI is InChI=1S/C55H39NS/c1-55(2)50-25-8-5-20-46(50)48-24-13-23-45(54(48)55)37-28-30-40(31-29-37)56(41-32-33-53-49(35-41)47-21-7-10-27-52(47)57-53)51-26-9-6-19-44(51)39-17-11-16-38(34-39)43-22-12-15-36-14-3-4-18-42(36)43/h3-35H,1-2H3. The van der Waals surface area contributed by atoms with Crippen molar-refractivity contribution in [2.24, 2.45) is 0 Å². The van der Waals surface area contributed by atoms with E-state index in [4.69, 9.17) is 0 Å². The molecule has 1 aliphatic rings. The van der Waals surface area contributed by atoms with Crippen LogP contribution in [0.5, 0.6) is 0 Å². The molecule has 9 aromatic carbocycles. The van der Waals surface area contributed by atoms with Gasteiger partial charge in [0.25, 0.3) is 0 Å². The van der Waals surface area contributed by atoms with Crippen molar-refractivity contribution in [1.29, 1.82) is 0 Å². The molecular weight excluding hydrogens is 707 g/mol. The first-order valence-corrected chi connectivity index (χ1v) is 20.6. The van der Waals surface area contributed by atoms with Crippen LogP contribution in [0.15, 0.2) is 200 Å². The molecule has 0 unspecified atom stereocenters. The van der Waals surface area contributed by atoms with Crippen LogP contribution in [0.4, 0.5) is 17.1 Å². The van der Waals surface area contributed by atoms with Crippen molar-refractivity contribution in [1.82, 2.24) is 0 Å². The van der Waals surface area contributed by atoms with Gasteiger partial charge in [0.05, 0.1) is 5.69 Å². The van der Waals surface area contributed by atoms with Gasteiger partial charge in [-0.2, -0.15) is 0 Å². The largest absolute Gasteiger partial charge is 0.310 e. The summed E-state index contributed by atoms with van der Waals surface area (Å²) >= 11 is 1.86. The van der Waals surface area contributed by atoms with E-state index in [1.807, 2.05) is 11.3 Å². The lowest BCUT2D eigenvalue weighted by Gasteiger charge is -2.29. The first-order valence-electron chi connectivity index (χ1n) is 19.8. The summed E-state index contributed by atoms with van der Waals surface area (Å²) < 4.78 is 2.61. The molecule has 0 aliphatic heterocycles. The molecule has 270 valence electrons. The van der Waals surface area contributed by atoms with E-state index in [2.05, 4.69) is 219 Å². The molecule has 1 nitrogen and oxygen atoms in total. The minimum Gasteiger partial charge on any atom is -0.310 e. The molecular formula is C55H39NS. The van der Waals surface area contributed by atoms with Crippen LogP contribution in [0.2, 0.25) is 0 Å². The highest BCUT2D eigenvalue weighted by Crippen LogP contribution is 2.52. The molecule has 0 spiro atoms. The molecule has 0 atom stereocenters. The molecule has 0 radical (unpaired) electrons. The Labute approximate surface area is 337 Å². The van der Waals surface area contributed by atoms with Crippen molar-refractivity contribution >= 4 is 59.3 Å². The molecule has 11 rings (SSSR count). The molecule has 1 heterocycles. The molecule has 0 amide bonds. The van der Waals surface area contributed by atoms with E-state index < -0.39 is 0 Å². The third kappa shape index (κ3) is 5.44. The monoisotopic (exact) mass is 745 g/mol. The van der Waals surface area contributed by atoms with E-state index in [-0.39, 0.29) is 5.41 Å². The van der Waals surface area contributed by atoms with Crippen LogP contribution in [0.3, 0.4) is 0 Å². The van der Waals surface area contributed by atoms with E-state index in [1.54, 1.807) is 0 Å². The highest BCUT2D eigenvalue weighted by molar-refractivity contribution is 7.25. The second kappa shape index (κ2) is 13.2. The average molecular weight is 746 g/mol. The number of rotatable bonds is 6. The Hall–Kier alpha value is -6.74. The smallest absolute Gasteiger partial charge is 0.0540 e. The third-order valence-corrected chi connectivity index (χ3v) is 13.2. The lowest BCUT2D eigenvalue weighted by molar-refractivity contribution is 0.662. The first kappa shape index (κ1) is 33.6. The van der Waals surface area contributed by atoms with Gasteiger partial charge in [0.15, 0.2) is 0 Å². The van der Waals surface area contributed by atoms with E-state index in [1.165, 1.54) is 86.6 Å². The number of benzene rings is 9. The van der Waals surface area contributed by atoms with Gasteiger partial charge in [0.1, 0.15) is 0 Å². The van der Waals surface area contributed by atoms with Crippen molar-refractivity contribution in [3.8, 4) is 44.5 Å². The number of fused-ring (bicyclic) bond motifs is 7. The molecule has 0 saturated heterocycles. The zero-order chi connectivity index (χ0) is 38.1. The minimum absolute atomic E-state index is 0.0918. The zero-order valence-electron chi connectivity index (χ0n) is 31.9. The Kier molecular flexibility index (Phi) is 7.77. The predicted molar refractivity (Wildman–Crippen MR) is 245 cm³/mol. The molecule has 1 aromatic heterocycles. The maximum Gasteiger partial charge on any atom is 0.0540 e. The Morgan fingerprint density at radius 3 is 1.86 bits per heavy atom. The van der Waals surface area contributed by atoms with Gasteiger partial charge in [-0.1, -0.05) is 166 Å². The van der Waals surface area contributed by atoms with Crippen molar-refractivity contribution < 1.29 is 0 Å². The van der Waals surface area contributed by atoms with Gasteiger partial charge < -0.3 is 4.90 Å². The van der Waals surface area contributed by atoms with Gasteiger partial charge in [-0.3, -0.25) is 0 Å². The maximum atomic E-state index is 2.45. The van der Waals surface area contributed by atoms with Crippen molar-refractivity contribution in [2.45, 2.75) is 19.3 Å². The number of anilines is 3. The number of thiophene rings is 1. The fourth-order valence-corrected chi connectivity index (χ4v) is 10.5. The van der Waals surface area contributed by atoms with E-state index in [0.717, 1.165) is 17.1 Å². The highest BCUT2D eigenvalue weighted by Gasteiger charge is 2.37. The van der Waals surface area contributed by atoms with Crippen LogP contribution in [0, 0.1) is 0 Å². The zero-order valence-corrected chi connectivity index (χ0v) is 32.7. The van der Waals surface area contributed by atoms with Crippen molar-refractivity contribution in [3.05, 3.63) is 211 Å². The van der Waals surface area contributed by atoms with Crippen LogP contribution in [0.1, 0.15) is 25.0 Å². The van der Waals surface area contributed by atoms with E-state index in [0.29, 0.717) is 0 Å². The first-order chi connectivity index (χ1) is 28.0. The number of para-hydroxylation sites is 1. The molecule has 1 aliphatic carbocycles. The van der Waals surface area contributed by atoms with Crippen LogP contribution < -0.4 is 4.90 Å². The highest BCUT2D eigenvalue weighted by atomic mass is 32.1. The second-order valence-corrected chi connectivity index (χ2v) is 16.8. The van der Waals surface area contributed by atoms with Gasteiger partial charge in [-0.15, -0.1) is 11.3 Å². The average Bonchev–Trinajstić information content (AvgIpc) is 3.75. The molecule has 0 fully saturated rings. The van der Waals surface area contributed by atoms with Gasteiger partial charge >= 0.3 is 0 Å². The Balaban J connectivity index is 1.07. The normalized spacial score (nSPS) is 12.9. The predicted octanol–water partition coefficient (Wildman–Crippen LogP) is 16.0. The number of hydrogen-bond acceptors (Lipinski definition) is 2. The summed E-state index contributed by atoms with van der Waals surface area (Å²) in [6.45, 7) is 4.74. The molecule has 10 aromatic rings. The molecule has 2 heteroatoms. The van der Waals surface area contributed by atoms with Crippen molar-refractivity contribution in [3.63, 3.8) is 0 Å². The topological polar surface area (TPSA) is 3.24 Å². The summed E-state index contributed by atoms with van der Waals surface area (Å²) in [5, 5.41) is 5.10. The summed E-state index contributed by atoms with van der Waals surface area (Å²) in [6.07, 6.45) is 0. The molecule has 0 N–H and O–H groups in total. The fraction of sp³-hybridized carbons (Fsp3) is 0.0545. The molecule has 0 saturated carbocycles. The third-order valence-electron chi connectivity index (χ3n) is 12.1. The van der Waals surface area contributed by atoms with Crippen LogP contribution >= 0.6 is 11.3 Å². The number of hydrogen-bond donors (Lipinski definition) is 0. The maximum absolute atomic E-state index is 2.45. The lowest BCUT2D eigenvalue weighted by Crippen LogP contribution is -2.16. The summed E-state index contributed by atoms with van der Waals surface area (Å²) in [6, 6.07) is 73.9. The Morgan fingerprint density at radius 1 is 0.386 bits per heavy atom. The Bertz CT molecular complexity index is 3160. The van der Waals surface area contributed by atoms with Crippen LogP contribution in [-0.4, -0.2) is 0 Å². The van der Waals surface area contributed by atoms with E-state index in [9.17, 15) is 0 Å². The summed E-state index contributed by atoms with van der Waals surface area (Å²) in [4.78, 5) is 2.45. The number of nitrogens with zero attached hydrogens (tertiary/aromatic N) is 1. The van der Waals surface area contributed by atoms with Gasteiger partial charge in [0.2, 0.25) is 0 Å². The van der Waals surface area contributed by atoms with Crippen molar-refractivity contribution in [2.75, 3.05) is 4.90 Å². The quantitative estimate of drug-likeness (QED) is 0.164. The summed E-state index contributed by atoms with van der Waals surface area (Å²) in [5.74, 6) is 0. The molecule has 57 heavy (non-hydrogen) atoms. The Morgan fingerprint density at radius 2 is 0.982 bits per heavy atom. The molecule has 0 bridgehead atoms. The second-order valence-electron chi connectivity index (χ2n) is 15.7. The SMILES string of the molecule is CC1(C)c2ccccc2-c2cccc(-c3ccc(N(c4ccc5sc6ccccc6c5c4)c4ccccc4-c4cccc(-c5cccc6ccccc56)c4)cc3)c21. The van der Waals surface area contributed by atoms with Crippen LogP contribution in [0.25, 0.3) is 75.5 Å². The summed E-state index contributed by atoms with van der Waals surface area (Å²) in [5.41, 5.74) is 16.1. The van der Waals surface area contributed by atoms with Gasteiger partial charge in [0, 0.05) is 42.5 Å². The fourth-order valence-electron chi connectivity index (χ4n) is 9.40. The lowest BCUT2D eigenvalue weighted by atomic mass is 9.79. The van der Waals surface area contributed by atoms with Crippen LogP contribution in [-0.2, 0) is 5.41 Å².